The molecular formula is C25H27N3O5. The van der Waals surface area contributed by atoms with Crippen molar-refractivity contribution in [3.63, 3.8) is 0 Å². The second-order valence-corrected chi connectivity index (χ2v) is 7.58. The van der Waals surface area contributed by atoms with E-state index in [2.05, 4.69) is 51.8 Å². The Labute approximate surface area is 192 Å². The molecule has 3 N–H and O–H groups in total. The van der Waals surface area contributed by atoms with E-state index in [0.29, 0.717) is 18.7 Å². The number of hydrogen-bond donors (Lipinski definition) is 3. The fourth-order valence-corrected chi connectivity index (χ4v) is 3.48. The van der Waals surface area contributed by atoms with Crippen LogP contribution in [0.4, 0.5) is 0 Å². The van der Waals surface area contributed by atoms with E-state index >= 15 is 0 Å². The van der Waals surface area contributed by atoms with Gasteiger partial charge in [-0.25, -0.2) is 15.1 Å². The molecule has 0 aromatic heterocycles. The topological polar surface area (TPSA) is 111 Å². The lowest BCUT2D eigenvalue weighted by Crippen LogP contribution is -2.44. The van der Waals surface area contributed by atoms with Gasteiger partial charge in [-0.15, -0.1) is 0 Å². The van der Waals surface area contributed by atoms with Crippen molar-refractivity contribution in [2.75, 3.05) is 19.6 Å². The van der Waals surface area contributed by atoms with E-state index in [1.165, 1.54) is 11.1 Å². The standard InChI is InChI=1S/C21H23N3O.C4H4O4/c1-2-6-17(7-3-1)10-11-21-22-14-20(25-23-21)16-24-13-12-18-8-4-5-9-19(18)15-24;5-3(6)1-2-4(7)8/h1-11,20H,12-16H2,(H,22,23);1-2H,(H,5,6)(H,7,8)/b11-10+;2-1-. The van der Waals surface area contributed by atoms with E-state index in [9.17, 15) is 9.59 Å². The zero-order valence-electron chi connectivity index (χ0n) is 18.1. The van der Waals surface area contributed by atoms with Gasteiger partial charge in [0.15, 0.2) is 0 Å². The Hall–Kier alpha value is -3.75. The number of benzene rings is 2. The second kappa shape index (κ2) is 12.3. The summed E-state index contributed by atoms with van der Waals surface area (Å²) in [4.78, 5) is 32.0. The molecule has 8 heteroatoms. The van der Waals surface area contributed by atoms with Crippen LogP contribution in [0.15, 0.2) is 77.8 Å². The SMILES string of the molecule is C(=C\c1ccccc1)/C1=NCC(CN2CCc3ccccc3C2)ON1.O=C(O)/C=C\C(=O)O. The molecule has 1 unspecified atom stereocenters. The van der Waals surface area contributed by atoms with Gasteiger partial charge >= 0.3 is 11.9 Å². The Kier molecular flexibility index (Phi) is 8.93. The van der Waals surface area contributed by atoms with Crippen LogP contribution in [-0.4, -0.2) is 58.6 Å². The Morgan fingerprint density at radius 1 is 1.00 bits per heavy atom. The first-order valence-corrected chi connectivity index (χ1v) is 10.6. The summed E-state index contributed by atoms with van der Waals surface area (Å²) in [5, 5.41) is 15.6. The van der Waals surface area contributed by atoms with E-state index in [1.807, 2.05) is 30.4 Å². The Morgan fingerprint density at radius 2 is 1.67 bits per heavy atom. The molecule has 0 radical (unpaired) electrons. The van der Waals surface area contributed by atoms with Crippen LogP contribution in [-0.2, 0) is 27.4 Å². The van der Waals surface area contributed by atoms with E-state index < -0.39 is 11.9 Å². The number of aliphatic imine (C=N–C) groups is 1. The third kappa shape index (κ3) is 8.36. The summed E-state index contributed by atoms with van der Waals surface area (Å²) in [7, 11) is 0. The summed E-state index contributed by atoms with van der Waals surface area (Å²) in [6.45, 7) is 3.68. The minimum Gasteiger partial charge on any atom is -0.478 e. The van der Waals surface area contributed by atoms with E-state index in [1.54, 1.807) is 0 Å². The van der Waals surface area contributed by atoms with Gasteiger partial charge in [-0.3, -0.25) is 14.7 Å². The molecule has 33 heavy (non-hydrogen) atoms. The molecule has 0 aliphatic carbocycles. The lowest BCUT2D eigenvalue weighted by atomic mass is 10.00. The van der Waals surface area contributed by atoms with Gasteiger partial charge in [0.2, 0.25) is 0 Å². The molecule has 0 saturated heterocycles. The van der Waals surface area contributed by atoms with Gasteiger partial charge in [0.25, 0.3) is 0 Å². The molecule has 0 amide bonds. The van der Waals surface area contributed by atoms with Crippen LogP contribution < -0.4 is 5.48 Å². The number of fused-ring (bicyclic) bond motifs is 1. The highest BCUT2D eigenvalue weighted by Crippen LogP contribution is 2.19. The number of hydroxylamine groups is 1. The quantitative estimate of drug-likeness (QED) is 0.582. The Balaban J connectivity index is 0.000000331. The smallest absolute Gasteiger partial charge is 0.328 e. The molecule has 2 aromatic carbocycles. The molecule has 2 aliphatic heterocycles. The summed E-state index contributed by atoms with van der Waals surface area (Å²) < 4.78 is 0. The highest BCUT2D eigenvalue weighted by molar-refractivity contribution is 5.96. The van der Waals surface area contributed by atoms with Crippen LogP contribution in [0.5, 0.6) is 0 Å². The molecule has 172 valence electrons. The average molecular weight is 450 g/mol. The number of nitrogens with one attached hydrogen (secondary N) is 1. The van der Waals surface area contributed by atoms with Gasteiger partial charge < -0.3 is 10.2 Å². The molecule has 0 fully saturated rings. The lowest BCUT2D eigenvalue weighted by Gasteiger charge is -2.32. The molecule has 8 nitrogen and oxygen atoms in total. The van der Waals surface area contributed by atoms with Crippen molar-refractivity contribution in [1.82, 2.24) is 10.4 Å². The average Bonchev–Trinajstić information content (AvgIpc) is 2.83. The first-order chi connectivity index (χ1) is 16.0. The van der Waals surface area contributed by atoms with Gasteiger partial charge in [0.05, 0.1) is 6.54 Å². The molecule has 2 aromatic rings. The summed E-state index contributed by atoms with van der Waals surface area (Å²) in [5.74, 6) is -1.73. The highest BCUT2D eigenvalue weighted by Gasteiger charge is 2.22. The van der Waals surface area contributed by atoms with E-state index in [0.717, 1.165) is 37.5 Å². The van der Waals surface area contributed by atoms with Crippen molar-refractivity contribution in [3.8, 4) is 0 Å². The monoisotopic (exact) mass is 449 g/mol. The number of carbonyl (C=O) groups is 2. The van der Waals surface area contributed by atoms with Crippen molar-refractivity contribution in [1.29, 1.82) is 0 Å². The maximum atomic E-state index is 9.55. The lowest BCUT2D eigenvalue weighted by molar-refractivity contribution is -0.134. The zero-order chi connectivity index (χ0) is 23.5. The van der Waals surface area contributed by atoms with E-state index in [-0.39, 0.29) is 6.10 Å². The summed E-state index contributed by atoms with van der Waals surface area (Å²) in [6, 6.07) is 18.9. The number of carboxylic acids is 2. The predicted molar refractivity (Wildman–Crippen MR) is 126 cm³/mol. The third-order valence-electron chi connectivity index (χ3n) is 5.07. The van der Waals surface area contributed by atoms with Crippen LogP contribution in [0.3, 0.4) is 0 Å². The number of nitrogens with zero attached hydrogens (tertiary/aromatic N) is 2. The first kappa shape index (κ1) is 23.9. The van der Waals surface area contributed by atoms with Crippen LogP contribution in [0.2, 0.25) is 0 Å². The fourth-order valence-electron chi connectivity index (χ4n) is 3.48. The molecule has 2 aliphatic rings. The molecular weight excluding hydrogens is 422 g/mol. The molecule has 0 saturated carbocycles. The van der Waals surface area contributed by atoms with Crippen LogP contribution >= 0.6 is 0 Å². The second-order valence-electron chi connectivity index (χ2n) is 7.58. The number of amidine groups is 1. The normalized spacial score (nSPS) is 18.1. The van der Waals surface area contributed by atoms with Gasteiger partial charge in [0, 0.05) is 31.8 Å². The fraction of sp³-hybridized carbons (Fsp3) is 0.240. The molecule has 0 bridgehead atoms. The van der Waals surface area contributed by atoms with Gasteiger partial charge in [0.1, 0.15) is 11.9 Å². The van der Waals surface area contributed by atoms with E-state index in [4.69, 9.17) is 15.1 Å². The van der Waals surface area contributed by atoms with Crippen LogP contribution in [0.25, 0.3) is 6.08 Å². The zero-order valence-corrected chi connectivity index (χ0v) is 18.1. The van der Waals surface area contributed by atoms with Crippen LogP contribution in [0.1, 0.15) is 16.7 Å². The van der Waals surface area contributed by atoms with Crippen molar-refractivity contribution in [2.24, 2.45) is 4.99 Å². The predicted octanol–water partition coefficient (Wildman–Crippen LogP) is 2.77. The number of rotatable bonds is 6. The van der Waals surface area contributed by atoms with Crippen molar-refractivity contribution >= 4 is 23.9 Å². The number of aliphatic carboxylic acids is 2. The highest BCUT2D eigenvalue weighted by atomic mass is 16.7. The van der Waals surface area contributed by atoms with Crippen molar-refractivity contribution < 1.29 is 24.6 Å². The summed E-state index contributed by atoms with van der Waals surface area (Å²) in [6.07, 6.45) is 6.33. The largest absolute Gasteiger partial charge is 0.478 e. The Bertz CT molecular complexity index is 1020. The maximum Gasteiger partial charge on any atom is 0.328 e. The minimum absolute atomic E-state index is 0.0964. The molecule has 2 heterocycles. The number of hydrogen-bond acceptors (Lipinski definition) is 6. The van der Waals surface area contributed by atoms with Crippen molar-refractivity contribution in [2.45, 2.75) is 19.1 Å². The Morgan fingerprint density at radius 3 is 2.30 bits per heavy atom. The van der Waals surface area contributed by atoms with Crippen molar-refractivity contribution in [3.05, 3.63) is 89.5 Å². The molecule has 4 rings (SSSR count). The summed E-state index contributed by atoms with van der Waals surface area (Å²) in [5.41, 5.74) is 7.06. The minimum atomic E-state index is -1.26. The van der Waals surface area contributed by atoms with Crippen LogP contribution in [0, 0.1) is 0 Å². The van der Waals surface area contributed by atoms with Gasteiger partial charge in [-0.1, -0.05) is 60.7 Å². The third-order valence-corrected chi connectivity index (χ3v) is 5.07. The first-order valence-electron chi connectivity index (χ1n) is 10.6. The maximum absolute atomic E-state index is 9.55. The molecule has 1 atom stereocenters. The van der Waals surface area contributed by atoms with Gasteiger partial charge in [-0.2, -0.15) is 0 Å². The summed E-state index contributed by atoms with van der Waals surface area (Å²) >= 11 is 0. The molecule has 0 spiro atoms. The van der Waals surface area contributed by atoms with Gasteiger partial charge in [-0.05, 0) is 29.2 Å². The number of carboxylic acid groups (broad SMARTS) is 2.